The third kappa shape index (κ3) is 5.28. The van der Waals surface area contributed by atoms with E-state index < -0.39 is 10.0 Å². The lowest BCUT2D eigenvalue weighted by molar-refractivity contribution is 0.0832. The predicted molar refractivity (Wildman–Crippen MR) is 97.5 cm³/mol. The first kappa shape index (κ1) is 18.4. The Morgan fingerprint density at radius 3 is 2.30 bits per heavy atom. The summed E-state index contributed by atoms with van der Waals surface area (Å²) in [5.41, 5.74) is 1.31. The monoisotopic (exact) mass is 435 g/mol. The molecule has 1 atom stereocenters. The normalized spacial score (nSPS) is 12.6. The first-order valence-corrected chi connectivity index (χ1v) is 8.55. The van der Waals surface area contributed by atoms with Crippen LogP contribution in [-0.2, 0) is 0 Å². The number of amides is 1. The summed E-state index contributed by atoms with van der Waals surface area (Å²) in [4.78, 5) is 12.4. The summed E-state index contributed by atoms with van der Waals surface area (Å²) in [6.07, 6.45) is -1.14. The molecule has 1 unspecified atom stereocenters. The Kier molecular flexibility index (Phi) is 6.20. The highest BCUT2D eigenvalue weighted by Crippen LogP contribution is 2.32. The molecular formula is C16H13BrCl3NO2. The van der Waals surface area contributed by atoms with E-state index in [-0.39, 0.29) is 5.91 Å². The van der Waals surface area contributed by atoms with Crippen LogP contribution in [0.5, 0.6) is 5.75 Å². The largest absolute Gasteiger partial charge is 0.466 e. The van der Waals surface area contributed by atoms with E-state index in [4.69, 9.17) is 39.5 Å². The van der Waals surface area contributed by atoms with Crippen LogP contribution in [0.15, 0.2) is 53.0 Å². The number of carbonyl (C=O) groups is 1. The van der Waals surface area contributed by atoms with Crippen LogP contribution in [0.4, 0.5) is 0 Å². The predicted octanol–water partition coefficient (Wildman–Crippen LogP) is 5.26. The van der Waals surface area contributed by atoms with Crippen LogP contribution in [-0.4, -0.2) is 15.9 Å². The maximum atomic E-state index is 12.4. The van der Waals surface area contributed by atoms with Gasteiger partial charge in [-0.3, -0.25) is 4.79 Å². The van der Waals surface area contributed by atoms with Gasteiger partial charge in [-0.05, 0) is 42.8 Å². The first-order valence-electron chi connectivity index (χ1n) is 6.63. The Morgan fingerprint density at radius 2 is 1.74 bits per heavy atom. The zero-order valence-corrected chi connectivity index (χ0v) is 15.9. The minimum atomic E-state index is -1.83. The van der Waals surface area contributed by atoms with Gasteiger partial charge in [-0.2, -0.15) is 0 Å². The number of ether oxygens (including phenoxy) is 1. The molecule has 23 heavy (non-hydrogen) atoms. The van der Waals surface area contributed by atoms with Gasteiger partial charge in [0, 0.05) is 10.0 Å². The van der Waals surface area contributed by atoms with Gasteiger partial charge >= 0.3 is 0 Å². The molecule has 0 saturated carbocycles. The van der Waals surface area contributed by atoms with E-state index in [1.165, 1.54) is 0 Å². The molecule has 0 heterocycles. The molecule has 0 spiro atoms. The maximum absolute atomic E-state index is 12.4. The van der Waals surface area contributed by atoms with Crippen molar-refractivity contribution in [3.8, 4) is 5.75 Å². The van der Waals surface area contributed by atoms with Crippen LogP contribution in [0.3, 0.4) is 0 Å². The van der Waals surface area contributed by atoms with Crippen LogP contribution in [0.25, 0.3) is 0 Å². The quantitative estimate of drug-likeness (QED) is 0.523. The smallest absolute Gasteiger partial charge is 0.254 e. The molecule has 0 radical (unpaired) electrons. The van der Waals surface area contributed by atoms with Crippen molar-refractivity contribution in [2.75, 3.05) is 0 Å². The van der Waals surface area contributed by atoms with Crippen LogP contribution in [0.2, 0.25) is 0 Å². The Morgan fingerprint density at radius 1 is 1.13 bits per heavy atom. The van der Waals surface area contributed by atoms with Gasteiger partial charge < -0.3 is 10.1 Å². The van der Waals surface area contributed by atoms with Crippen molar-refractivity contribution in [1.82, 2.24) is 5.32 Å². The zero-order valence-electron chi connectivity index (χ0n) is 12.0. The van der Waals surface area contributed by atoms with Gasteiger partial charge in [0.25, 0.3) is 5.91 Å². The highest BCUT2D eigenvalue weighted by atomic mass is 79.9. The fraction of sp³-hybridized carbons (Fsp3) is 0.188. The number of hydrogen-bond donors (Lipinski definition) is 1. The molecule has 122 valence electrons. The summed E-state index contributed by atoms with van der Waals surface area (Å²) in [5.74, 6) is 0.0890. The highest BCUT2D eigenvalue weighted by Gasteiger charge is 2.36. The second-order valence-electron chi connectivity index (χ2n) is 4.78. The van der Waals surface area contributed by atoms with Crippen LogP contribution in [0.1, 0.15) is 15.9 Å². The summed E-state index contributed by atoms with van der Waals surface area (Å²) in [6, 6.07) is 14.1. The average molecular weight is 438 g/mol. The van der Waals surface area contributed by atoms with Gasteiger partial charge in [0.05, 0.1) is 0 Å². The lowest BCUT2D eigenvalue weighted by atomic mass is 10.1. The summed E-state index contributed by atoms with van der Waals surface area (Å²) in [7, 11) is 0. The second-order valence-corrected chi connectivity index (χ2v) is 8.07. The number of halogens is 4. The molecule has 0 fully saturated rings. The van der Waals surface area contributed by atoms with Gasteiger partial charge in [0.1, 0.15) is 5.75 Å². The van der Waals surface area contributed by atoms with E-state index >= 15 is 0 Å². The Labute approximate surface area is 158 Å². The van der Waals surface area contributed by atoms with E-state index in [0.717, 1.165) is 10.0 Å². The van der Waals surface area contributed by atoms with Gasteiger partial charge in [-0.15, -0.1) is 0 Å². The molecule has 2 aromatic carbocycles. The molecule has 0 aliphatic carbocycles. The Balaban J connectivity index is 2.18. The molecule has 0 bridgehead atoms. The molecule has 0 saturated heterocycles. The fourth-order valence-corrected chi connectivity index (χ4v) is 2.41. The second kappa shape index (κ2) is 7.75. The van der Waals surface area contributed by atoms with Crippen molar-refractivity contribution in [3.05, 3.63) is 64.1 Å². The SMILES string of the molecule is Cc1ccccc1C(=O)NC(Oc1ccc(Br)cc1)C(Cl)(Cl)Cl. The highest BCUT2D eigenvalue weighted by molar-refractivity contribution is 9.10. The molecule has 2 rings (SSSR count). The van der Waals surface area contributed by atoms with Crippen LogP contribution in [0, 0.1) is 6.92 Å². The van der Waals surface area contributed by atoms with E-state index in [1.54, 1.807) is 36.4 Å². The van der Waals surface area contributed by atoms with Crippen molar-refractivity contribution in [2.45, 2.75) is 16.9 Å². The Bertz CT molecular complexity index is 686. The van der Waals surface area contributed by atoms with E-state index in [2.05, 4.69) is 21.2 Å². The van der Waals surface area contributed by atoms with Gasteiger partial charge in [0.2, 0.25) is 10.0 Å². The van der Waals surface area contributed by atoms with Crippen molar-refractivity contribution in [2.24, 2.45) is 0 Å². The molecule has 7 heteroatoms. The molecule has 1 amide bonds. The molecule has 3 nitrogen and oxygen atoms in total. The summed E-state index contributed by atoms with van der Waals surface area (Å²) in [5, 5.41) is 2.61. The topological polar surface area (TPSA) is 38.3 Å². The summed E-state index contributed by atoms with van der Waals surface area (Å²) < 4.78 is 4.68. The molecule has 2 aromatic rings. The minimum Gasteiger partial charge on any atom is -0.466 e. The van der Waals surface area contributed by atoms with Gasteiger partial charge in [-0.1, -0.05) is 68.9 Å². The standard InChI is InChI=1S/C16H13BrCl3NO2/c1-10-4-2-3-5-13(10)14(22)21-15(16(18,19)20)23-12-8-6-11(17)7-9-12/h2-9,15H,1H3,(H,21,22). The van der Waals surface area contributed by atoms with Crippen molar-refractivity contribution in [1.29, 1.82) is 0 Å². The van der Waals surface area contributed by atoms with Crippen LogP contribution >= 0.6 is 50.7 Å². The van der Waals surface area contributed by atoms with Crippen molar-refractivity contribution < 1.29 is 9.53 Å². The minimum absolute atomic E-state index is 0.378. The number of alkyl halides is 3. The molecule has 1 N–H and O–H groups in total. The number of rotatable bonds is 4. The third-order valence-electron chi connectivity index (χ3n) is 3.02. The number of benzene rings is 2. The van der Waals surface area contributed by atoms with Gasteiger partial charge in [0.15, 0.2) is 0 Å². The molecule has 0 aliphatic heterocycles. The molecular weight excluding hydrogens is 424 g/mol. The van der Waals surface area contributed by atoms with E-state index in [9.17, 15) is 4.79 Å². The summed E-state index contributed by atoms with van der Waals surface area (Å²) >= 11 is 21.1. The van der Waals surface area contributed by atoms with E-state index in [1.807, 2.05) is 19.1 Å². The Hall–Kier alpha value is -0.940. The number of hydrogen-bond acceptors (Lipinski definition) is 2. The summed E-state index contributed by atoms with van der Waals surface area (Å²) in [6.45, 7) is 1.83. The fourth-order valence-electron chi connectivity index (χ4n) is 1.85. The molecule has 0 aromatic heterocycles. The first-order chi connectivity index (χ1) is 10.8. The number of aryl methyl sites for hydroxylation is 1. The number of nitrogens with one attached hydrogen (secondary N) is 1. The maximum Gasteiger partial charge on any atom is 0.254 e. The van der Waals surface area contributed by atoms with Crippen molar-refractivity contribution >= 4 is 56.6 Å². The number of carbonyl (C=O) groups excluding carboxylic acids is 1. The lowest BCUT2D eigenvalue weighted by Crippen LogP contribution is -2.48. The van der Waals surface area contributed by atoms with E-state index in [0.29, 0.717) is 11.3 Å². The van der Waals surface area contributed by atoms with Crippen LogP contribution < -0.4 is 10.1 Å². The lowest BCUT2D eigenvalue weighted by Gasteiger charge is -2.26. The van der Waals surface area contributed by atoms with Gasteiger partial charge in [-0.25, -0.2) is 0 Å². The van der Waals surface area contributed by atoms with Crippen molar-refractivity contribution in [3.63, 3.8) is 0 Å². The average Bonchev–Trinajstić information content (AvgIpc) is 2.48. The molecule has 0 aliphatic rings. The third-order valence-corrected chi connectivity index (χ3v) is 4.14. The zero-order chi connectivity index (χ0) is 17.0.